The van der Waals surface area contributed by atoms with Crippen LogP contribution in [0.1, 0.15) is 33.4 Å². The molecule has 0 spiro atoms. The van der Waals surface area contributed by atoms with Crippen molar-refractivity contribution in [2.75, 3.05) is 26.2 Å². The Labute approximate surface area is 223 Å². The molecule has 0 fully saturated rings. The molecule has 0 amide bonds. The van der Waals surface area contributed by atoms with Gasteiger partial charge in [0.15, 0.2) is 0 Å². The number of hydrogen-bond acceptors (Lipinski definition) is 6. The first-order valence-electron chi connectivity index (χ1n) is 12.8. The number of rotatable bonds is 10. The predicted octanol–water partition coefficient (Wildman–Crippen LogP) is 3.88. The highest BCUT2D eigenvalue weighted by atomic mass is 32.1. The van der Waals surface area contributed by atoms with E-state index < -0.39 is 0 Å². The van der Waals surface area contributed by atoms with Gasteiger partial charge in [-0.15, -0.1) is 11.3 Å². The molecule has 37 heavy (non-hydrogen) atoms. The van der Waals surface area contributed by atoms with Gasteiger partial charge in [-0.05, 0) is 111 Å². The van der Waals surface area contributed by atoms with Crippen LogP contribution in [0.5, 0.6) is 0 Å². The molecular formula is C31H35N5S. The lowest BCUT2D eigenvalue weighted by molar-refractivity contribution is 0.939. The number of nitrogens with zero attached hydrogens (tertiary/aromatic N) is 1. The second-order valence-corrected chi connectivity index (χ2v) is 9.96. The van der Waals surface area contributed by atoms with Gasteiger partial charge in [-0.2, -0.15) is 0 Å². The number of hydrogen-bond donors (Lipinski definition) is 4. The summed E-state index contributed by atoms with van der Waals surface area (Å²) < 4.78 is 0. The Balaban J connectivity index is 1.60. The van der Waals surface area contributed by atoms with Crippen LogP contribution in [-0.4, -0.2) is 31.2 Å². The van der Waals surface area contributed by atoms with Gasteiger partial charge in [-0.3, -0.25) is 0 Å². The maximum Gasteiger partial charge on any atom is 0.124 e. The predicted molar refractivity (Wildman–Crippen MR) is 156 cm³/mol. The Morgan fingerprint density at radius 3 is 1.70 bits per heavy atom. The fraction of sp³-hybridized carbons (Fsp3) is 0.258. The molecule has 5 nitrogen and oxygen atoms in total. The van der Waals surface area contributed by atoms with Gasteiger partial charge >= 0.3 is 0 Å². The molecule has 190 valence electrons. The standard InChI is InChI=1S/C31H35N5S/c32-10-6-24-14-23(15-25(16-24)7-11-33)5-4-22-2-1-3-28(18-22)31-36-30(21-37-31)29-19-26(8-12-34)17-27(20-29)9-13-35/h1-3,14-21H,6-13,32-35H2. The highest BCUT2D eigenvalue weighted by Crippen LogP contribution is 2.30. The molecule has 8 N–H and O–H groups in total. The van der Waals surface area contributed by atoms with Crippen LogP contribution in [0.25, 0.3) is 21.8 Å². The Hall–Kier alpha value is -3.31. The molecule has 0 bridgehead atoms. The fourth-order valence-corrected chi connectivity index (χ4v) is 5.23. The summed E-state index contributed by atoms with van der Waals surface area (Å²) in [6.07, 6.45) is 3.34. The van der Waals surface area contributed by atoms with Gasteiger partial charge in [0.05, 0.1) is 5.69 Å². The van der Waals surface area contributed by atoms with Crippen molar-refractivity contribution in [1.29, 1.82) is 0 Å². The van der Waals surface area contributed by atoms with Crippen LogP contribution >= 0.6 is 11.3 Å². The van der Waals surface area contributed by atoms with Crippen LogP contribution in [0.4, 0.5) is 0 Å². The van der Waals surface area contributed by atoms with Gasteiger partial charge in [0.2, 0.25) is 0 Å². The minimum absolute atomic E-state index is 0.614. The van der Waals surface area contributed by atoms with E-state index in [2.05, 4.69) is 65.8 Å². The molecular weight excluding hydrogens is 474 g/mol. The summed E-state index contributed by atoms with van der Waals surface area (Å²) in [6, 6.07) is 21.2. The third-order valence-corrected chi connectivity index (χ3v) is 6.99. The lowest BCUT2D eigenvalue weighted by atomic mass is 10.0. The van der Waals surface area contributed by atoms with Crippen LogP contribution in [0, 0.1) is 11.8 Å². The van der Waals surface area contributed by atoms with Gasteiger partial charge in [0.1, 0.15) is 5.01 Å². The van der Waals surface area contributed by atoms with E-state index in [-0.39, 0.29) is 0 Å². The smallest absolute Gasteiger partial charge is 0.124 e. The quantitative estimate of drug-likeness (QED) is 0.242. The molecule has 0 radical (unpaired) electrons. The van der Waals surface area contributed by atoms with Crippen LogP contribution in [0.3, 0.4) is 0 Å². The molecule has 4 rings (SSSR count). The molecule has 0 atom stereocenters. The average Bonchev–Trinajstić information content (AvgIpc) is 3.39. The van der Waals surface area contributed by atoms with Crippen molar-refractivity contribution in [2.45, 2.75) is 25.7 Å². The Morgan fingerprint density at radius 2 is 1.14 bits per heavy atom. The summed E-state index contributed by atoms with van der Waals surface area (Å²) in [5.74, 6) is 6.67. The van der Waals surface area contributed by atoms with Crippen molar-refractivity contribution < 1.29 is 0 Å². The lowest BCUT2D eigenvalue weighted by Gasteiger charge is -2.07. The molecule has 3 aromatic carbocycles. The molecule has 0 saturated carbocycles. The first-order valence-corrected chi connectivity index (χ1v) is 13.6. The molecule has 0 aliphatic heterocycles. The van der Waals surface area contributed by atoms with Crippen LogP contribution in [0.15, 0.2) is 66.0 Å². The van der Waals surface area contributed by atoms with Crippen molar-refractivity contribution in [3.8, 4) is 33.7 Å². The van der Waals surface area contributed by atoms with Crippen molar-refractivity contribution in [1.82, 2.24) is 4.98 Å². The normalized spacial score (nSPS) is 10.8. The summed E-state index contributed by atoms with van der Waals surface area (Å²) in [5.41, 5.74) is 33.1. The Bertz CT molecular complexity index is 1350. The van der Waals surface area contributed by atoms with Crippen molar-refractivity contribution in [3.63, 3.8) is 0 Å². The molecule has 6 heteroatoms. The van der Waals surface area contributed by atoms with Gasteiger partial charge in [-0.25, -0.2) is 4.98 Å². The molecule has 4 aromatic rings. The summed E-state index contributed by atoms with van der Waals surface area (Å²) in [6.45, 7) is 2.46. The monoisotopic (exact) mass is 509 g/mol. The summed E-state index contributed by atoms with van der Waals surface area (Å²) in [7, 11) is 0. The second kappa shape index (κ2) is 13.3. The number of benzene rings is 3. The Kier molecular flexibility index (Phi) is 9.61. The highest BCUT2D eigenvalue weighted by Gasteiger charge is 2.10. The zero-order valence-electron chi connectivity index (χ0n) is 21.2. The third-order valence-electron chi connectivity index (χ3n) is 6.10. The highest BCUT2D eigenvalue weighted by molar-refractivity contribution is 7.13. The number of nitrogens with two attached hydrogens (primary N) is 4. The maximum absolute atomic E-state index is 5.81. The van der Waals surface area contributed by atoms with E-state index in [9.17, 15) is 0 Å². The maximum atomic E-state index is 5.81. The number of thiazole rings is 1. The van der Waals surface area contributed by atoms with Gasteiger partial charge in [0.25, 0.3) is 0 Å². The zero-order valence-corrected chi connectivity index (χ0v) is 22.0. The van der Waals surface area contributed by atoms with Crippen molar-refractivity contribution in [3.05, 3.63) is 99.4 Å². The van der Waals surface area contributed by atoms with E-state index >= 15 is 0 Å². The van der Waals surface area contributed by atoms with Crippen molar-refractivity contribution in [2.24, 2.45) is 22.9 Å². The summed E-state index contributed by atoms with van der Waals surface area (Å²) >= 11 is 1.64. The topological polar surface area (TPSA) is 117 Å². The Morgan fingerprint density at radius 1 is 0.595 bits per heavy atom. The van der Waals surface area contributed by atoms with Crippen LogP contribution in [0.2, 0.25) is 0 Å². The fourth-order valence-electron chi connectivity index (χ4n) is 4.40. The number of aromatic nitrogens is 1. The summed E-state index contributed by atoms with van der Waals surface area (Å²) in [4.78, 5) is 4.96. The molecule has 0 aliphatic rings. The minimum Gasteiger partial charge on any atom is -0.330 e. The first-order chi connectivity index (χ1) is 18.1. The van der Waals surface area contributed by atoms with Crippen molar-refractivity contribution >= 4 is 11.3 Å². The molecule has 0 saturated heterocycles. The van der Waals surface area contributed by atoms with Crippen LogP contribution < -0.4 is 22.9 Å². The summed E-state index contributed by atoms with van der Waals surface area (Å²) in [5, 5.41) is 3.09. The van der Waals surface area contributed by atoms with Gasteiger partial charge in [0, 0.05) is 27.6 Å². The zero-order chi connectivity index (χ0) is 26.0. The van der Waals surface area contributed by atoms with E-state index in [1.54, 1.807) is 11.3 Å². The van der Waals surface area contributed by atoms with Crippen LogP contribution in [-0.2, 0) is 25.7 Å². The lowest BCUT2D eigenvalue weighted by Crippen LogP contribution is -2.06. The average molecular weight is 510 g/mol. The van der Waals surface area contributed by atoms with E-state index in [1.165, 1.54) is 22.3 Å². The largest absolute Gasteiger partial charge is 0.330 e. The first kappa shape index (κ1) is 26.7. The third kappa shape index (κ3) is 7.36. The van der Waals surface area contributed by atoms with E-state index in [0.29, 0.717) is 26.2 Å². The van der Waals surface area contributed by atoms with Gasteiger partial charge < -0.3 is 22.9 Å². The second-order valence-electron chi connectivity index (χ2n) is 9.10. The minimum atomic E-state index is 0.614. The van der Waals surface area contributed by atoms with E-state index in [0.717, 1.165) is 58.6 Å². The van der Waals surface area contributed by atoms with Gasteiger partial charge in [-0.1, -0.05) is 36.1 Å². The SMILES string of the molecule is NCCc1cc(C#Cc2cccc(-c3nc(-c4cc(CCN)cc(CCN)c4)cs3)c2)cc(CCN)c1. The van der Waals surface area contributed by atoms with E-state index in [4.69, 9.17) is 27.9 Å². The van der Waals surface area contributed by atoms with E-state index in [1.807, 2.05) is 12.1 Å². The molecule has 1 aromatic heterocycles. The molecule has 1 heterocycles. The molecule has 0 aliphatic carbocycles. The molecule has 0 unspecified atom stereocenters.